The lowest BCUT2D eigenvalue weighted by atomic mass is 9.46. The molecular formula is C28H46O3. The fourth-order valence-electron chi connectivity index (χ4n) is 8.97. The van der Waals surface area contributed by atoms with Gasteiger partial charge in [-0.3, -0.25) is 4.79 Å². The Bertz CT molecular complexity index is 711. The second-order valence-electron chi connectivity index (χ2n) is 12.7. The number of aliphatic hydroxyl groups is 1. The van der Waals surface area contributed by atoms with E-state index in [0.717, 1.165) is 30.6 Å². The molecule has 0 aromatic rings. The quantitative estimate of drug-likeness (QED) is 0.461. The molecule has 4 aliphatic carbocycles. The third-order valence-electron chi connectivity index (χ3n) is 10.7. The largest absolute Gasteiger partial charge is 0.481 e. The molecule has 0 aromatic heterocycles. The number of carboxylic acids is 1. The molecule has 0 saturated heterocycles. The van der Waals surface area contributed by atoms with Crippen molar-refractivity contribution < 1.29 is 15.0 Å². The summed E-state index contributed by atoms with van der Waals surface area (Å²) in [5, 5.41) is 20.3. The summed E-state index contributed by atoms with van der Waals surface area (Å²) >= 11 is 0. The summed E-state index contributed by atoms with van der Waals surface area (Å²) in [6, 6.07) is 0. The van der Waals surface area contributed by atoms with Crippen LogP contribution in [0.2, 0.25) is 0 Å². The Hall–Kier alpha value is -0.830. The molecule has 0 heterocycles. The first-order chi connectivity index (χ1) is 14.6. The smallest absolute Gasteiger partial charge is 0.309 e. The summed E-state index contributed by atoms with van der Waals surface area (Å²) < 4.78 is 0. The van der Waals surface area contributed by atoms with Gasteiger partial charge in [0, 0.05) is 0 Å². The van der Waals surface area contributed by atoms with Crippen molar-refractivity contribution in [3.05, 3.63) is 11.6 Å². The normalized spacial score (nSPS) is 45.5. The molecule has 0 amide bonds. The van der Waals surface area contributed by atoms with Crippen LogP contribution in [0.4, 0.5) is 0 Å². The molecule has 9 atom stereocenters. The maximum absolute atomic E-state index is 12.0. The minimum Gasteiger partial charge on any atom is -0.481 e. The molecule has 4 aliphatic rings. The van der Waals surface area contributed by atoms with Crippen molar-refractivity contribution in [1.82, 2.24) is 0 Å². The molecule has 0 bridgehead atoms. The summed E-state index contributed by atoms with van der Waals surface area (Å²) in [7, 11) is 0. The van der Waals surface area contributed by atoms with Crippen LogP contribution in [-0.4, -0.2) is 22.3 Å². The molecule has 3 heteroatoms. The molecule has 0 aromatic carbocycles. The maximum atomic E-state index is 12.0. The zero-order chi connectivity index (χ0) is 22.6. The van der Waals surface area contributed by atoms with Gasteiger partial charge in [-0.25, -0.2) is 0 Å². The van der Waals surface area contributed by atoms with E-state index >= 15 is 0 Å². The van der Waals surface area contributed by atoms with Crippen LogP contribution in [-0.2, 0) is 4.79 Å². The minimum atomic E-state index is -0.794. The van der Waals surface area contributed by atoms with E-state index in [1.165, 1.54) is 44.9 Å². The van der Waals surface area contributed by atoms with Crippen molar-refractivity contribution in [2.75, 3.05) is 0 Å². The number of fused-ring (bicyclic) bond motifs is 5. The van der Waals surface area contributed by atoms with Gasteiger partial charge in [0.1, 0.15) is 0 Å². The SMILES string of the molecule is CC(C)CCC[C@@H](C)[C@H]1CC[C@H]2C3=CCC4[C@H](C(=O)O)[C@@H](O)CC[C@]4(C)[C@H]3CC[C@]12C. The topological polar surface area (TPSA) is 57.5 Å². The molecule has 3 fully saturated rings. The average molecular weight is 431 g/mol. The lowest BCUT2D eigenvalue weighted by Crippen LogP contribution is -2.54. The maximum Gasteiger partial charge on any atom is 0.309 e. The second kappa shape index (κ2) is 8.50. The van der Waals surface area contributed by atoms with E-state index < -0.39 is 18.0 Å². The third-order valence-corrected chi connectivity index (χ3v) is 10.7. The fraction of sp³-hybridized carbons (Fsp3) is 0.893. The zero-order valence-electron chi connectivity index (χ0n) is 20.6. The number of hydrogen-bond acceptors (Lipinski definition) is 2. The predicted octanol–water partition coefficient (Wildman–Crippen LogP) is 6.70. The van der Waals surface area contributed by atoms with Gasteiger partial charge in [-0.2, -0.15) is 0 Å². The van der Waals surface area contributed by atoms with Crippen LogP contribution >= 0.6 is 0 Å². The summed E-state index contributed by atoms with van der Waals surface area (Å²) in [5.41, 5.74) is 2.14. The highest BCUT2D eigenvalue weighted by Crippen LogP contribution is 2.67. The van der Waals surface area contributed by atoms with Gasteiger partial charge in [-0.05, 0) is 91.3 Å². The monoisotopic (exact) mass is 430 g/mol. The van der Waals surface area contributed by atoms with Crippen LogP contribution in [0.5, 0.6) is 0 Å². The third kappa shape index (κ3) is 3.81. The molecule has 3 saturated carbocycles. The molecule has 0 spiro atoms. The number of rotatable bonds is 6. The second-order valence-corrected chi connectivity index (χ2v) is 12.7. The van der Waals surface area contributed by atoms with Gasteiger partial charge in [0.15, 0.2) is 0 Å². The lowest BCUT2D eigenvalue weighted by molar-refractivity contribution is -0.160. The predicted molar refractivity (Wildman–Crippen MR) is 126 cm³/mol. The Morgan fingerprint density at radius 1 is 1.03 bits per heavy atom. The van der Waals surface area contributed by atoms with Gasteiger partial charge in [-0.1, -0.05) is 65.5 Å². The van der Waals surface area contributed by atoms with E-state index in [0.29, 0.717) is 23.7 Å². The number of aliphatic hydroxyl groups excluding tert-OH is 1. The Labute approximate surface area is 190 Å². The van der Waals surface area contributed by atoms with E-state index in [2.05, 4.69) is 40.7 Å². The highest BCUT2D eigenvalue weighted by molar-refractivity contribution is 5.71. The van der Waals surface area contributed by atoms with Gasteiger partial charge in [0.25, 0.3) is 0 Å². The standard InChI is InChI=1S/C28H46O3/c1-17(2)7-6-8-18(3)20-11-12-21-19-9-10-23-25(26(30)31)24(29)14-16-28(23,5)22(19)13-15-27(20,21)4/h9,17-18,20-25,29H,6-8,10-16H2,1-5H3,(H,30,31)/t18-,20-,21+,22+,23?,24+,25+,27-,28-/m1/s1. The average Bonchev–Trinajstić information content (AvgIpc) is 3.05. The van der Waals surface area contributed by atoms with Crippen LogP contribution in [0.1, 0.15) is 98.8 Å². The number of allylic oxidation sites excluding steroid dienone is 2. The van der Waals surface area contributed by atoms with Crippen molar-refractivity contribution in [2.24, 2.45) is 52.3 Å². The number of carbonyl (C=O) groups is 1. The van der Waals surface area contributed by atoms with Gasteiger partial charge >= 0.3 is 5.97 Å². The molecule has 0 radical (unpaired) electrons. The molecule has 0 aliphatic heterocycles. The number of hydrogen-bond donors (Lipinski definition) is 2. The Morgan fingerprint density at radius 2 is 1.71 bits per heavy atom. The fourth-order valence-corrected chi connectivity index (χ4v) is 8.97. The first kappa shape index (κ1) is 23.3. The van der Waals surface area contributed by atoms with Crippen LogP contribution in [0, 0.1) is 52.3 Å². The Morgan fingerprint density at radius 3 is 2.39 bits per heavy atom. The highest BCUT2D eigenvalue weighted by Gasteiger charge is 2.60. The molecule has 176 valence electrons. The summed E-state index contributed by atoms with van der Waals surface area (Å²) in [4.78, 5) is 12.0. The first-order valence-corrected chi connectivity index (χ1v) is 13.2. The first-order valence-electron chi connectivity index (χ1n) is 13.2. The minimum absolute atomic E-state index is 0.0364. The van der Waals surface area contributed by atoms with Crippen molar-refractivity contribution in [1.29, 1.82) is 0 Å². The van der Waals surface area contributed by atoms with E-state index in [1.807, 2.05) is 0 Å². The van der Waals surface area contributed by atoms with Gasteiger partial charge < -0.3 is 10.2 Å². The summed E-state index contributed by atoms with van der Waals surface area (Å²) in [6.45, 7) is 12.1. The molecular weight excluding hydrogens is 384 g/mol. The van der Waals surface area contributed by atoms with Crippen molar-refractivity contribution in [2.45, 2.75) is 105 Å². The molecule has 2 N–H and O–H groups in total. The van der Waals surface area contributed by atoms with Crippen LogP contribution in [0.3, 0.4) is 0 Å². The summed E-state index contributed by atoms with van der Waals surface area (Å²) in [5.74, 6) is 2.35. The van der Waals surface area contributed by atoms with Gasteiger partial charge in [0.2, 0.25) is 0 Å². The van der Waals surface area contributed by atoms with E-state index in [4.69, 9.17) is 0 Å². The Kier molecular flexibility index (Phi) is 6.40. The lowest BCUT2D eigenvalue weighted by Gasteiger charge is -2.59. The Balaban J connectivity index is 1.55. The highest BCUT2D eigenvalue weighted by atomic mass is 16.4. The van der Waals surface area contributed by atoms with Gasteiger partial charge in [-0.15, -0.1) is 0 Å². The van der Waals surface area contributed by atoms with Crippen molar-refractivity contribution >= 4 is 5.97 Å². The zero-order valence-corrected chi connectivity index (χ0v) is 20.6. The number of aliphatic carboxylic acids is 1. The van der Waals surface area contributed by atoms with Crippen LogP contribution in [0.15, 0.2) is 11.6 Å². The van der Waals surface area contributed by atoms with E-state index in [9.17, 15) is 15.0 Å². The molecule has 4 rings (SSSR count). The van der Waals surface area contributed by atoms with E-state index in [1.54, 1.807) is 5.57 Å². The summed E-state index contributed by atoms with van der Waals surface area (Å²) in [6.07, 6.45) is 13.5. The molecule has 31 heavy (non-hydrogen) atoms. The molecule has 3 nitrogen and oxygen atoms in total. The molecule has 1 unspecified atom stereocenters. The van der Waals surface area contributed by atoms with Crippen molar-refractivity contribution in [3.63, 3.8) is 0 Å². The number of carboxylic acid groups (broad SMARTS) is 1. The van der Waals surface area contributed by atoms with Gasteiger partial charge in [0.05, 0.1) is 12.0 Å². The van der Waals surface area contributed by atoms with Crippen LogP contribution < -0.4 is 0 Å². The van der Waals surface area contributed by atoms with Crippen molar-refractivity contribution in [3.8, 4) is 0 Å². The van der Waals surface area contributed by atoms with Crippen LogP contribution in [0.25, 0.3) is 0 Å². The van der Waals surface area contributed by atoms with E-state index in [-0.39, 0.29) is 11.3 Å².